The summed E-state index contributed by atoms with van der Waals surface area (Å²) in [4.78, 5) is 4.28. The van der Waals surface area contributed by atoms with Gasteiger partial charge in [0, 0.05) is 23.3 Å². The third-order valence-electron chi connectivity index (χ3n) is 2.72. The van der Waals surface area contributed by atoms with Crippen molar-refractivity contribution >= 4 is 23.2 Å². The molecular weight excluding hydrogens is 271 g/mol. The lowest BCUT2D eigenvalue weighted by atomic mass is 10.0. The molecule has 0 saturated heterocycles. The predicted molar refractivity (Wildman–Crippen MR) is 73.4 cm³/mol. The van der Waals surface area contributed by atoms with E-state index in [1.165, 1.54) is 0 Å². The van der Waals surface area contributed by atoms with Gasteiger partial charge in [0.15, 0.2) is 0 Å². The summed E-state index contributed by atoms with van der Waals surface area (Å²) in [6, 6.07) is 5.36. The molecule has 0 aliphatic heterocycles. The molecular formula is C12H14Cl2N4. The van der Waals surface area contributed by atoms with Crippen LogP contribution in [0.15, 0.2) is 30.7 Å². The summed E-state index contributed by atoms with van der Waals surface area (Å²) >= 11 is 12.0. The molecule has 3 N–H and O–H groups in total. The summed E-state index contributed by atoms with van der Waals surface area (Å²) in [5.74, 6) is 5.57. The van der Waals surface area contributed by atoms with E-state index in [2.05, 4.69) is 10.4 Å². The average molecular weight is 285 g/mol. The van der Waals surface area contributed by atoms with Gasteiger partial charge in [0.1, 0.15) is 0 Å². The minimum Gasteiger partial charge on any atom is -0.340 e. The second kappa shape index (κ2) is 5.71. The number of imidazole rings is 1. The zero-order valence-electron chi connectivity index (χ0n) is 9.90. The van der Waals surface area contributed by atoms with Crippen LogP contribution in [-0.2, 0) is 13.5 Å². The second-order valence-electron chi connectivity index (χ2n) is 4.12. The normalized spacial score (nSPS) is 12.7. The van der Waals surface area contributed by atoms with Crippen LogP contribution in [0.5, 0.6) is 0 Å². The molecule has 0 aliphatic carbocycles. The van der Waals surface area contributed by atoms with Crippen molar-refractivity contribution in [3.8, 4) is 0 Å². The van der Waals surface area contributed by atoms with Gasteiger partial charge >= 0.3 is 0 Å². The number of halogens is 2. The van der Waals surface area contributed by atoms with Crippen LogP contribution < -0.4 is 11.3 Å². The van der Waals surface area contributed by atoms with Gasteiger partial charge in [0.05, 0.1) is 18.1 Å². The fraction of sp³-hybridized carbons (Fsp3) is 0.250. The summed E-state index contributed by atoms with van der Waals surface area (Å²) in [5.41, 5.74) is 4.62. The van der Waals surface area contributed by atoms with Crippen molar-refractivity contribution in [1.29, 1.82) is 0 Å². The fourth-order valence-electron chi connectivity index (χ4n) is 1.77. The van der Waals surface area contributed by atoms with Gasteiger partial charge in [0.25, 0.3) is 0 Å². The molecule has 96 valence electrons. The van der Waals surface area contributed by atoms with E-state index < -0.39 is 0 Å². The van der Waals surface area contributed by atoms with Crippen LogP contribution in [0.25, 0.3) is 0 Å². The minimum atomic E-state index is -0.0788. The standard InChI is InChI=1S/C12H14Cl2N4/c1-18-6-12(16-7-18)11(17-15)4-8-2-3-9(13)5-10(8)14/h2-3,5-7,11,17H,4,15H2,1H3. The minimum absolute atomic E-state index is 0.0788. The lowest BCUT2D eigenvalue weighted by Crippen LogP contribution is -2.29. The molecule has 6 heteroatoms. The smallest absolute Gasteiger partial charge is 0.0947 e. The van der Waals surface area contributed by atoms with Crippen LogP contribution in [0.1, 0.15) is 17.3 Å². The van der Waals surface area contributed by atoms with Crippen LogP contribution in [0, 0.1) is 0 Å². The zero-order valence-corrected chi connectivity index (χ0v) is 11.4. The molecule has 0 fully saturated rings. The number of rotatable bonds is 4. The number of hydrazine groups is 1. The van der Waals surface area contributed by atoms with Crippen molar-refractivity contribution < 1.29 is 0 Å². The van der Waals surface area contributed by atoms with E-state index in [4.69, 9.17) is 29.0 Å². The summed E-state index contributed by atoms with van der Waals surface area (Å²) in [5, 5.41) is 1.26. The topological polar surface area (TPSA) is 55.9 Å². The third kappa shape index (κ3) is 3.03. The summed E-state index contributed by atoms with van der Waals surface area (Å²) in [7, 11) is 1.92. The number of nitrogens with zero attached hydrogens (tertiary/aromatic N) is 2. The third-order valence-corrected chi connectivity index (χ3v) is 3.31. The molecule has 1 heterocycles. The number of nitrogens with one attached hydrogen (secondary N) is 1. The lowest BCUT2D eigenvalue weighted by molar-refractivity contribution is 0.540. The Hall–Kier alpha value is -1.07. The number of hydrogen-bond donors (Lipinski definition) is 2. The number of aromatic nitrogens is 2. The first-order chi connectivity index (χ1) is 8.60. The molecule has 0 aliphatic rings. The fourth-order valence-corrected chi connectivity index (χ4v) is 2.25. The molecule has 1 aromatic heterocycles. The van der Waals surface area contributed by atoms with E-state index in [0.29, 0.717) is 16.5 Å². The Morgan fingerprint density at radius 1 is 1.44 bits per heavy atom. The SMILES string of the molecule is Cn1cnc(C(Cc2ccc(Cl)cc2Cl)NN)c1. The van der Waals surface area contributed by atoms with Crippen LogP contribution in [-0.4, -0.2) is 9.55 Å². The Labute approximate surface area is 116 Å². The van der Waals surface area contributed by atoms with Crippen molar-refractivity contribution in [3.63, 3.8) is 0 Å². The van der Waals surface area contributed by atoms with E-state index in [9.17, 15) is 0 Å². The highest BCUT2D eigenvalue weighted by molar-refractivity contribution is 6.35. The zero-order chi connectivity index (χ0) is 13.1. The van der Waals surface area contributed by atoms with Gasteiger partial charge in [-0.25, -0.2) is 4.98 Å². The Kier molecular flexibility index (Phi) is 4.24. The highest BCUT2D eigenvalue weighted by Gasteiger charge is 2.15. The molecule has 1 atom stereocenters. The largest absolute Gasteiger partial charge is 0.340 e. The van der Waals surface area contributed by atoms with Gasteiger partial charge in [-0.2, -0.15) is 0 Å². The lowest BCUT2D eigenvalue weighted by Gasteiger charge is -2.14. The van der Waals surface area contributed by atoms with Crippen molar-refractivity contribution in [2.24, 2.45) is 12.9 Å². The average Bonchev–Trinajstić information content (AvgIpc) is 2.75. The van der Waals surface area contributed by atoms with E-state index in [1.807, 2.05) is 29.9 Å². The Morgan fingerprint density at radius 2 is 2.22 bits per heavy atom. The molecule has 1 aromatic carbocycles. The number of hydrogen-bond acceptors (Lipinski definition) is 3. The molecule has 0 radical (unpaired) electrons. The first-order valence-corrected chi connectivity index (χ1v) is 6.23. The second-order valence-corrected chi connectivity index (χ2v) is 4.97. The quantitative estimate of drug-likeness (QED) is 0.670. The number of aryl methyl sites for hydroxylation is 1. The van der Waals surface area contributed by atoms with Crippen LogP contribution in [0.3, 0.4) is 0 Å². The van der Waals surface area contributed by atoms with Crippen molar-refractivity contribution in [2.45, 2.75) is 12.5 Å². The maximum atomic E-state index is 6.14. The molecule has 2 rings (SSSR count). The molecule has 2 aromatic rings. The van der Waals surface area contributed by atoms with E-state index in [-0.39, 0.29) is 6.04 Å². The highest BCUT2D eigenvalue weighted by Crippen LogP contribution is 2.25. The van der Waals surface area contributed by atoms with Crippen LogP contribution in [0.4, 0.5) is 0 Å². The van der Waals surface area contributed by atoms with E-state index in [0.717, 1.165) is 11.3 Å². The molecule has 0 amide bonds. The Morgan fingerprint density at radius 3 is 2.78 bits per heavy atom. The summed E-state index contributed by atoms with van der Waals surface area (Å²) in [6.45, 7) is 0. The molecule has 0 saturated carbocycles. The monoisotopic (exact) mass is 284 g/mol. The van der Waals surface area contributed by atoms with Gasteiger partial charge < -0.3 is 4.57 Å². The van der Waals surface area contributed by atoms with Gasteiger partial charge in [-0.1, -0.05) is 29.3 Å². The van der Waals surface area contributed by atoms with E-state index in [1.54, 1.807) is 12.4 Å². The first-order valence-electron chi connectivity index (χ1n) is 5.48. The predicted octanol–water partition coefficient (Wildman–Crippen LogP) is 2.47. The van der Waals surface area contributed by atoms with Gasteiger partial charge in [-0.15, -0.1) is 0 Å². The van der Waals surface area contributed by atoms with Crippen molar-refractivity contribution in [1.82, 2.24) is 15.0 Å². The first kappa shape index (κ1) is 13.4. The van der Waals surface area contributed by atoms with Gasteiger partial charge in [-0.05, 0) is 24.1 Å². The van der Waals surface area contributed by atoms with Crippen LogP contribution in [0.2, 0.25) is 10.0 Å². The Bertz CT molecular complexity index is 539. The number of nitrogens with two attached hydrogens (primary N) is 1. The summed E-state index contributed by atoms with van der Waals surface area (Å²) < 4.78 is 1.88. The molecule has 0 bridgehead atoms. The van der Waals surface area contributed by atoms with Crippen LogP contribution >= 0.6 is 23.2 Å². The van der Waals surface area contributed by atoms with E-state index >= 15 is 0 Å². The molecule has 1 unspecified atom stereocenters. The Balaban J connectivity index is 2.20. The van der Waals surface area contributed by atoms with Crippen molar-refractivity contribution in [2.75, 3.05) is 0 Å². The summed E-state index contributed by atoms with van der Waals surface area (Å²) in [6.07, 6.45) is 4.32. The van der Waals surface area contributed by atoms with Crippen molar-refractivity contribution in [3.05, 3.63) is 52.0 Å². The molecule has 18 heavy (non-hydrogen) atoms. The number of benzene rings is 1. The molecule has 4 nitrogen and oxygen atoms in total. The van der Waals surface area contributed by atoms with Gasteiger partial charge in [0.2, 0.25) is 0 Å². The molecule has 0 spiro atoms. The highest BCUT2D eigenvalue weighted by atomic mass is 35.5. The van der Waals surface area contributed by atoms with Gasteiger partial charge in [-0.3, -0.25) is 11.3 Å². The maximum absolute atomic E-state index is 6.14. The maximum Gasteiger partial charge on any atom is 0.0947 e.